The first-order valence-corrected chi connectivity index (χ1v) is 5.98. The second-order valence-electron chi connectivity index (χ2n) is 4.48. The maximum absolute atomic E-state index is 13.3. The molecule has 1 saturated heterocycles. The first kappa shape index (κ1) is 13.0. The SMILES string of the molecule is Cc1cc(F)cc(C(=O)N2CCOCC2CN)c1. The van der Waals surface area contributed by atoms with Crippen LogP contribution < -0.4 is 5.73 Å². The maximum atomic E-state index is 13.3. The second-order valence-corrected chi connectivity index (χ2v) is 4.48. The Balaban J connectivity index is 2.23. The lowest BCUT2D eigenvalue weighted by Gasteiger charge is -2.35. The molecule has 1 heterocycles. The minimum absolute atomic E-state index is 0.130. The number of halogens is 1. The normalized spacial score (nSPS) is 19.9. The lowest BCUT2D eigenvalue weighted by Crippen LogP contribution is -2.52. The molecule has 0 spiro atoms. The Bertz CT molecular complexity index is 430. The smallest absolute Gasteiger partial charge is 0.254 e. The van der Waals surface area contributed by atoms with Crippen molar-refractivity contribution in [3.05, 3.63) is 35.1 Å². The molecule has 0 radical (unpaired) electrons. The highest BCUT2D eigenvalue weighted by Crippen LogP contribution is 2.15. The Morgan fingerprint density at radius 1 is 1.56 bits per heavy atom. The van der Waals surface area contributed by atoms with Gasteiger partial charge in [-0.15, -0.1) is 0 Å². The molecule has 18 heavy (non-hydrogen) atoms. The number of aryl methyl sites for hydroxylation is 1. The molecule has 0 bridgehead atoms. The Morgan fingerprint density at radius 2 is 2.33 bits per heavy atom. The summed E-state index contributed by atoms with van der Waals surface area (Å²) in [5.74, 6) is -0.577. The number of amides is 1. The first-order chi connectivity index (χ1) is 8.61. The topological polar surface area (TPSA) is 55.6 Å². The number of morpholine rings is 1. The number of carbonyl (C=O) groups excluding carboxylic acids is 1. The van der Waals surface area contributed by atoms with E-state index >= 15 is 0 Å². The molecule has 1 aromatic rings. The number of nitrogens with two attached hydrogens (primary N) is 1. The number of ether oxygens (including phenoxy) is 1. The average Bonchev–Trinajstić information content (AvgIpc) is 2.36. The molecule has 1 unspecified atom stereocenters. The lowest BCUT2D eigenvalue weighted by molar-refractivity contribution is 0.000814. The van der Waals surface area contributed by atoms with E-state index in [0.717, 1.165) is 5.56 Å². The molecule has 98 valence electrons. The van der Waals surface area contributed by atoms with E-state index in [4.69, 9.17) is 10.5 Å². The van der Waals surface area contributed by atoms with Crippen LogP contribution in [0.4, 0.5) is 4.39 Å². The number of carbonyl (C=O) groups is 1. The maximum Gasteiger partial charge on any atom is 0.254 e. The van der Waals surface area contributed by atoms with Crippen molar-refractivity contribution in [2.24, 2.45) is 5.73 Å². The highest BCUT2D eigenvalue weighted by molar-refractivity contribution is 5.94. The molecule has 1 amide bonds. The zero-order chi connectivity index (χ0) is 13.1. The van der Waals surface area contributed by atoms with Gasteiger partial charge in [0.05, 0.1) is 19.3 Å². The zero-order valence-corrected chi connectivity index (χ0v) is 10.4. The summed E-state index contributed by atoms with van der Waals surface area (Å²) in [6.45, 7) is 3.54. The average molecular weight is 252 g/mol. The van der Waals surface area contributed by atoms with E-state index in [1.807, 2.05) is 0 Å². The summed E-state index contributed by atoms with van der Waals surface area (Å²) >= 11 is 0. The van der Waals surface area contributed by atoms with Crippen molar-refractivity contribution in [2.45, 2.75) is 13.0 Å². The standard InChI is InChI=1S/C13H17FN2O2/c1-9-4-10(6-11(14)5-9)13(17)16-2-3-18-8-12(16)7-15/h4-6,12H,2-3,7-8,15H2,1H3. The quantitative estimate of drug-likeness (QED) is 0.852. The van der Waals surface area contributed by atoms with Gasteiger partial charge in [0.15, 0.2) is 0 Å². The molecular formula is C13H17FN2O2. The molecule has 2 rings (SSSR count). The van der Waals surface area contributed by atoms with Gasteiger partial charge in [-0.25, -0.2) is 4.39 Å². The van der Waals surface area contributed by atoms with Crippen LogP contribution in [0, 0.1) is 12.7 Å². The van der Waals surface area contributed by atoms with Gasteiger partial charge in [0.1, 0.15) is 5.82 Å². The number of rotatable bonds is 2. The fourth-order valence-corrected chi connectivity index (χ4v) is 2.14. The van der Waals surface area contributed by atoms with Crippen LogP contribution in [0.5, 0.6) is 0 Å². The van der Waals surface area contributed by atoms with Crippen LogP contribution in [-0.4, -0.2) is 43.2 Å². The third-order valence-corrected chi connectivity index (χ3v) is 3.05. The third-order valence-electron chi connectivity index (χ3n) is 3.05. The van der Waals surface area contributed by atoms with E-state index in [9.17, 15) is 9.18 Å². The Hall–Kier alpha value is -1.46. The Kier molecular flexibility index (Phi) is 3.93. The van der Waals surface area contributed by atoms with Gasteiger partial charge < -0.3 is 15.4 Å². The van der Waals surface area contributed by atoms with Gasteiger partial charge in [0.25, 0.3) is 5.91 Å². The largest absolute Gasteiger partial charge is 0.377 e. The van der Waals surface area contributed by atoms with Crippen molar-refractivity contribution in [1.29, 1.82) is 0 Å². The summed E-state index contributed by atoms with van der Waals surface area (Å²) in [6, 6.07) is 4.22. The number of benzene rings is 1. The summed E-state index contributed by atoms with van der Waals surface area (Å²) < 4.78 is 18.6. The fourth-order valence-electron chi connectivity index (χ4n) is 2.14. The monoisotopic (exact) mass is 252 g/mol. The predicted octanol–water partition coefficient (Wildman–Crippen LogP) is 0.934. The molecule has 5 heteroatoms. The van der Waals surface area contributed by atoms with Crippen LogP contribution >= 0.6 is 0 Å². The molecule has 2 N–H and O–H groups in total. The molecule has 4 nitrogen and oxygen atoms in total. The minimum Gasteiger partial charge on any atom is -0.377 e. The molecule has 1 fully saturated rings. The number of hydrogen-bond acceptors (Lipinski definition) is 3. The van der Waals surface area contributed by atoms with E-state index in [1.54, 1.807) is 17.9 Å². The summed E-state index contributed by atoms with van der Waals surface area (Å²) in [7, 11) is 0. The van der Waals surface area contributed by atoms with Gasteiger partial charge in [-0.1, -0.05) is 0 Å². The van der Waals surface area contributed by atoms with Crippen LogP contribution in [-0.2, 0) is 4.74 Å². The minimum atomic E-state index is -0.393. The van der Waals surface area contributed by atoms with Gasteiger partial charge >= 0.3 is 0 Å². The van der Waals surface area contributed by atoms with E-state index in [-0.39, 0.29) is 11.9 Å². The van der Waals surface area contributed by atoms with Crippen molar-refractivity contribution < 1.29 is 13.9 Å². The van der Waals surface area contributed by atoms with Crippen LogP contribution in [0.25, 0.3) is 0 Å². The van der Waals surface area contributed by atoms with Gasteiger partial charge in [-0.05, 0) is 30.7 Å². The molecule has 0 saturated carbocycles. The highest BCUT2D eigenvalue weighted by Gasteiger charge is 2.27. The van der Waals surface area contributed by atoms with Crippen LogP contribution in [0.3, 0.4) is 0 Å². The van der Waals surface area contributed by atoms with E-state index in [2.05, 4.69) is 0 Å². The van der Waals surface area contributed by atoms with Crippen molar-refractivity contribution in [3.8, 4) is 0 Å². The van der Waals surface area contributed by atoms with Gasteiger partial charge in [0, 0.05) is 18.7 Å². The van der Waals surface area contributed by atoms with Crippen molar-refractivity contribution in [2.75, 3.05) is 26.3 Å². The zero-order valence-electron chi connectivity index (χ0n) is 10.4. The summed E-state index contributed by atoms with van der Waals surface area (Å²) in [6.07, 6.45) is 0. The molecule has 1 atom stereocenters. The number of nitrogens with zero attached hydrogens (tertiary/aromatic N) is 1. The van der Waals surface area contributed by atoms with Crippen LogP contribution in [0.2, 0.25) is 0 Å². The predicted molar refractivity (Wildman–Crippen MR) is 65.8 cm³/mol. The van der Waals surface area contributed by atoms with Gasteiger partial charge in [-0.2, -0.15) is 0 Å². The van der Waals surface area contributed by atoms with E-state index < -0.39 is 5.82 Å². The van der Waals surface area contributed by atoms with E-state index in [1.165, 1.54) is 12.1 Å². The molecule has 1 aromatic carbocycles. The highest BCUT2D eigenvalue weighted by atomic mass is 19.1. The molecule has 1 aliphatic rings. The Morgan fingerprint density at radius 3 is 3.00 bits per heavy atom. The van der Waals surface area contributed by atoms with Crippen molar-refractivity contribution >= 4 is 5.91 Å². The van der Waals surface area contributed by atoms with Gasteiger partial charge in [0.2, 0.25) is 0 Å². The van der Waals surface area contributed by atoms with E-state index in [0.29, 0.717) is 31.9 Å². The third kappa shape index (κ3) is 2.68. The van der Waals surface area contributed by atoms with Gasteiger partial charge in [-0.3, -0.25) is 4.79 Å². The first-order valence-electron chi connectivity index (χ1n) is 5.98. The van der Waals surface area contributed by atoms with Crippen LogP contribution in [0.15, 0.2) is 18.2 Å². The lowest BCUT2D eigenvalue weighted by atomic mass is 10.1. The molecule has 0 aromatic heterocycles. The fraction of sp³-hybridized carbons (Fsp3) is 0.462. The number of hydrogen-bond donors (Lipinski definition) is 1. The van der Waals surface area contributed by atoms with Crippen molar-refractivity contribution in [3.63, 3.8) is 0 Å². The van der Waals surface area contributed by atoms with Crippen molar-refractivity contribution in [1.82, 2.24) is 4.90 Å². The molecular weight excluding hydrogens is 235 g/mol. The second kappa shape index (κ2) is 5.46. The summed E-state index contributed by atoms with van der Waals surface area (Å²) in [5.41, 5.74) is 6.72. The summed E-state index contributed by atoms with van der Waals surface area (Å²) in [4.78, 5) is 14.0. The Labute approximate surface area is 106 Å². The summed E-state index contributed by atoms with van der Waals surface area (Å²) in [5, 5.41) is 0. The molecule has 1 aliphatic heterocycles. The van der Waals surface area contributed by atoms with Crippen LogP contribution in [0.1, 0.15) is 15.9 Å². The molecule has 0 aliphatic carbocycles.